The van der Waals surface area contributed by atoms with Crippen molar-refractivity contribution < 1.29 is 28.3 Å². The zero-order valence-corrected chi connectivity index (χ0v) is 18.1. The lowest BCUT2D eigenvalue weighted by molar-refractivity contribution is -0.125. The van der Waals surface area contributed by atoms with Gasteiger partial charge in [0.15, 0.2) is 6.61 Å². The first-order chi connectivity index (χ1) is 15.3. The van der Waals surface area contributed by atoms with Gasteiger partial charge in [-0.3, -0.25) is 19.3 Å². The van der Waals surface area contributed by atoms with E-state index in [0.717, 1.165) is 24.2 Å². The summed E-state index contributed by atoms with van der Waals surface area (Å²) in [5.41, 5.74) is 0.457. The number of nitrogens with one attached hydrogen (secondary N) is 1. The fraction of sp³-hybridized carbons (Fsp3) is 0.417. The molecule has 32 heavy (non-hydrogen) atoms. The van der Waals surface area contributed by atoms with Crippen molar-refractivity contribution in [3.8, 4) is 0 Å². The van der Waals surface area contributed by atoms with Crippen molar-refractivity contribution in [1.29, 1.82) is 0 Å². The van der Waals surface area contributed by atoms with Crippen LogP contribution in [-0.2, 0) is 16.1 Å². The molecule has 0 saturated heterocycles. The Labute approximate surface area is 185 Å². The Bertz CT molecular complexity index is 1040. The van der Waals surface area contributed by atoms with Crippen LogP contribution in [0.5, 0.6) is 0 Å². The maximum atomic E-state index is 12.7. The highest BCUT2D eigenvalue weighted by Gasteiger charge is 2.36. The normalized spacial score (nSPS) is 22.6. The average molecular weight is 438 g/mol. The number of amides is 3. The Balaban J connectivity index is 1.37. The number of fused-ring (bicyclic) bond motifs is 1. The van der Waals surface area contributed by atoms with Crippen molar-refractivity contribution in [3.05, 3.63) is 59.0 Å². The van der Waals surface area contributed by atoms with E-state index in [2.05, 4.69) is 19.2 Å². The van der Waals surface area contributed by atoms with Crippen LogP contribution < -0.4 is 5.32 Å². The smallest absolute Gasteiger partial charge is 0.338 e. The summed E-state index contributed by atoms with van der Waals surface area (Å²) in [5.74, 6) is -0.639. The standard InChI is InChI=1S/C24H26N2O6/c1-14-5-3-7-20(15(14)2)25-21(27)13-32-24(30)16-8-9-18-19(11-16)23(29)26(22(18)28)12-17-6-4-10-31-17/h4,6,8-11,14-15,20H,3,5,7,12-13H2,1-2H3,(H,25,27)/t14-,15-,20-/m1/s1. The molecule has 2 aliphatic rings. The van der Waals surface area contributed by atoms with Crippen LogP contribution >= 0.6 is 0 Å². The molecule has 8 nitrogen and oxygen atoms in total. The molecule has 0 spiro atoms. The molecule has 0 radical (unpaired) electrons. The molecule has 3 amide bonds. The van der Waals surface area contributed by atoms with E-state index in [1.807, 2.05) is 0 Å². The van der Waals surface area contributed by atoms with Gasteiger partial charge < -0.3 is 14.5 Å². The predicted octanol–water partition coefficient (Wildman–Crippen LogP) is 3.17. The molecule has 0 unspecified atom stereocenters. The van der Waals surface area contributed by atoms with Crippen LogP contribution in [0.4, 0.5) is 0 Å². The number of benzene rings is 1. The minimum Gasteiger partial charge on any atom is -0.467 e. The van der Waals surface area contributed by atoms with Gasteiger partial charge in [-0.25, -0.2) is 4.79 Å². The summed E-state index contributed by atoms with van der Waals surface area (Å²) in [6.45, 7) is 3.92. The molecule has 2 heterocycles. The van der Waals surface area contributed by atoms with Crippen LogP contribution in [0.3, 0.4) is 0 Å². The monoisotopic (exact) mass is 438 g/mol. The number of hydrogen-bond donors (Lipinski definition) is 1. The molecule has 8 heteroatoms. The van der Waals surface area contributed by atoms with E-state index in [-0.39, 0.29) is 35.2 Å². The van der Waals surface area contributed by atoms with E-state index in [1.165, 1.54) is 24.5 Å². The summed E-state index contributed by atoms with van der Waals surface area (Å²) >= 11 is 0. The first-order valence-corrected chi connectivity index (χ1v) is 10.8. The number of esters is 1. The first kappa shape index (κ1) is 21.8. The second kappa shape index (κ2) is 8.98. The van der Waals surface area contributed by atoms with E-state index < -0.39 is 24.4 Å². The summed E-state index contributed by atoms with van der Waals surface area (Å²) in [7, 11) is 0. The van der Waals surface area contributed by atoms with Crippen LogP contribution in [0.25, 0.3) is 0 Å². The number of ether oxygens (including phenoxy) is 1. The molecule has 1 fully saturated rings. The zero-order valence-electron chi connectivity index (χ0n) is 18.1. The van der Waals surface area contributed by atoms with Gasteiger partial charge in [0.2, 0.25) is 0 Å². The van der Waals surface area contributed by atoms with Crippen LogP contribution in [0.15, 0.2) is 41.0 Å². The molecule has 1 aromatic heterocycles. The van der Waals surface area contributed by atoms with E-state index in [4.69, 9.17) is 9.15 Å². The number of furan rings is 1. The fourth-order valence-electron chi connectivity index (χ4n) is 4.37. The Morgan fingerprint density at radius 2 is 1.91 bits per heavy atom. The molecule has 1 aromatic carbocycles. The molecule has 3 atom stereocenters. The Kier molecular flexibility index (Phi) is 6.12. The van der Waals surface area contributed by atoms with Gasteiger partial charge in [-0.05, 0) is 48.6 Å². The lowest BCUT2D eigenvalue weighted by Gasteiger charge is -2.34. The van der Waals surface area contributed by atoms with Crippen molar-refractivity contribution in [1.82, 2.24) is 10.2 Å². The van der Waals surface area contributed by atoms with Gasteiger partial charge in [-0.2, -0.15) is 0 Å². The van der Waals surface area contributed by atoms with Crippen LogP contribution in [0, 0.1) is 11.8 Å². The topological polar surface area (TPSA) is 106 Å². The summed E-state index contributed by atoms with van der Waals surface area (Å²) in [6.07, 6.45) is 4.60. The molecule has 1 saturated carbocycles. The molecule has 1 aliphatic heterocycles. The zero-order chi connectivity index (χ0) is 22.8. The van der Waals surface area contributed by atoms with Crippen LogP contribution in [0.2, 0.25) is 0 Å². The lowest BCUT2D eigenvalue weighted by atomic mass is 9.78. The fourth-order valence-corrected chi connectivity index (χ4v) is 4.37. The van der Waals surface area contributed by atoms with Crippen molar-refractivity contribution >= 4 is 23.7 Å². The summed E-state index contributed by atoms with van der Waals surface area (Å²) < 4.78 is 10.4. The first-order valence-electron chi connectivity index (χ1n) is 10.8. The number of rotatable bonds is 6. The third kappa shape index (κ3) is 4.30. The number of nitrogens with zero attached hydrogens (tertiary/aromatic N) is 1. The van der Waals surface area contributed by atoms with Gasteiger partial charge in [0.05, 0.1) is 29.5 Å². The van der Waals surface area contributed by atoms with Gasteiger partial charge in [0.25, 0.3) is 17.7 Å². The molecule has 2 aromatic rings. The maximum Gasteiger partial charge on any atom is 0.338 e. The van der Waals surface area contributed by atoms with Crippen LogP contribution in [-0.4, -0.2) is 41.2 Å². The van der Waals surface area contributed by atoms with Crippen molar-refractivity contribution in [2.45, 2.75) is 45.7 Å². The lowest BCUT2D eigenvalue weighted by Crippen LogP contribution is -2.45. The van der Waals surface area contributed by atoms with E-state index in [0.29, 0.717) is 17.6 Å². The highest BCUT2D eigenvalue weighted by atomic mass is 16.5. The van der Waals surface area contributed by atoms with Gasteiger partial charge in [0.1, 0.15) is 5.76 Å². The predicted molar refractivity (Wildman–Crippen MR) is 114 cm³/mol. The third-order valence-corrected chi connectivity index (χ3v) is 6.49. The quantitative estimate of drug-likeness (QED) is 0.549. The van der Waals surface area contributed by atoms with E-state index >= 15 is 0 Å². The molecule has 4 rings (SSSR count). The Morgan fingerprint density at radius 3 is 2.66 bits per heavy atom. The molecule has 168 valence electrons. The number of imide groups is 1. The minimum atomic E-state index is -0.724. The number of carbonyl (C=O) groups excluding carboxylic acids is 4. The third-order valence-electron chi connectivity index (χ3n) is 6.49. The van der Waals surface area contributed by atoms with E-state index in [1.54, 1.807) is 12.1 Å². The highest BCUT2D eigenvalue weighted by Crippen LogP contribution is 2.29. The van der Waals surface area contributed by atoms with Crippen molar-refractivity contribution in [2.24, 2.45) is 11.8 Å². The Morgan fingerprint density at radius 1 is 1.12 bits per heavy atom. The maximum absolute atomic E-state index is 12.7. The van der Waals surface area contributed by atoms with Gasteiger partial charge >= 0.3 is 5.97 Å². The minimum absolute atomic E-state index is 0.0114. The highest BCUT2D eigenvalue weighted by molar-refractivity contribution is 6.21. The van der Waals surface area contributed by atoms with Gasteiger partial charge in [0, 0.05) is 6.04 Å². The second-order valence-corrected chi connectivity index (χ2v) is 8.55. The Hall–Kier alpha value is -3.42. The summed E-state index contributed by atoms with van der Waals surface area (Å²) in [4.78, 5) is 51.1. The average Bonchev–Trinajstić information content (AvgIpc) is 3.38. The van der Waals surface area contributed by atoms with Crippen molar-refractivity contribution in [3.63, 3.8) is 0 Å². The molecular weight excluding hydrogens is 412 g/mol. The van der Waals surface area contributed by atoms with Crippen molar-refractivity contribution in [2.75, 3.05) is 6.61 Å². The van der Waals surface area contributed by atoms with Gasteiger partial charge in [-0.1, -0.05) is 26.7 Å². The van der Waals surface area contributed by atoms with E-state index in [9.17, 15) is 19.2 Å². The largest absolute Gasteiger partial charge is 0.467 e. The SMILES string of the molecule is C[C@@H]1[C@H](C)CCC[C@H]1NC(=O)COC(=O)c1ccc2c(c1)C(=O)N(Cc1ccco1)C2=O. The molecule has 1 aliphatic carbocycles. The molecule has 0 bridgehead atoms. The van der Waals surface area contributed by atoms with Gasteiger partial charge in [-0.15, -0.1) is 0 Å². The summed E-state index contributed by atoms with van der Waals surface area (Å²) in [5, 5.41) is 2.96. The number of hydrogen-bond acceptors (Lipinski definition) is 6. The molecule has 1 N–H and O–H groups in total. The van der Waals surface area contributed by atoms with Crippen LogP contribution in [0.1, 0.15) is 69.9 Å². The summed E-state index contributed by atoms with van der Waals surface area (Å²) in [6, 6.07) is 7.61. The second-order valence-electron chi connectivity index (χ2n) is 8.55. The number of carbonyl (C=O) groups is 4. The molecular formula is C24H26N2O6.